The van der Waals surface area contributed by atoms with Gasteiger partial charge in [0.2, 0.25) is 0 Å². The van der Waals surface area contributed by atoms with E-state index in [1.54, 1.807) is 0 Å². The normalized spacial score (nSPS) is 47.1. The second-order valence-corrected chi connectivity index (χ2v) is 6.76. The molecule has 2 saturated carbocycles. The molecule has 2 N–H and O–H groups in total. The van der Waals surface area contributed by atoms with Gasteiger partial charge in [-0.3, -0.25) is 0 Å². The van der Waals surface area contributed by atoms with Crippen molar-refractivity contribution >= 4 is 0 Å². The molecular weight excluding hydrogens is 212 g/mol. The molecule has 4 atom stereocenters. The Morgan fingerprint density at radius 3 is 2.53 bits per heavy atom. The van der Waals surface area contributed by atoms with E-state index in [-0.39, 0.29) is 5.92 Å². The molecule has 0 spiro atoms. The van der Waals surface area contributed by atoms with E-state index in [4.69, 9.17) is 0 Å². The van der Waals surface area contributed by atoms with Crippen LogP contribution in [0, 0.1) is 17.8 Å². The minimum atomic E-state index is -0.731. The first-order valence-corrected chi connectivity index (χ1v) is 6.89. The number of hydrogen-bond donors (Lipinski definition) is 2. The van der Waals surface area contributed by atoms with Crippen LogP contribution < -0.4 is 0 Å². The SMILES string of the molecule is C=C1CCC2[C@@](C)(O)CC[C@H](C(C)C)[C@@]2(O)C1. The number of hydrogen-bond acceptors (Lipinski definition) is 2. The summed E-state index contributed by atoms with van der Waals surface area (Å²) in [4.78, 5) is 0. The first kappa shape index (κ1) is 13.1. The molecule has 17 heavy (non-hydrogen) atoms. The van der Waals surface area contributed by atoms with Crippen molar-refractivity contribution in [1.82, 2.24) is 0 Å². The minimum absolute atomic E-state index is 0.0154. The third kappa shape index (κ3) is 2.06. The van der Waals surface area contributed by atoms with Crippen LogP contribution in [-0.2, 0) is 0 Å². The summed E-state index contributed by atoms with van der Waals surface area (Å²) >= 11 is 0. The zero-order valence-electron chi connectivity index (χ0n) is 11.4. The molecule has 0 aromatic rings. The highest BCUT2D eigenvalue weighted by molar-refractivity contribution is 5.16. The molecule has 0 aromatic carbocycles. The van der Waals surface area contributed by atoms with Gasteiger partial charge in [0.1, 0.15) is 0 Å². The molecule has 0 aromatic heterocycles. The van der Waals surface area contributed by atoms with E-state index in [1.165, 1.54) is 0 Å². The second kappa shape index (κ2) is 4.10. The van der Waals surface area contributed by atoms with Crippen LogP contribution >= 0.6 is 0 Å². The molecule has 0 heterocycles. The highest BCUT2D eigenvalue weighted by Crippen LogP contribution is 2.54. The van der Waals surface area contributed by atoms with Crippen molar-refractivity contribution in [1.29, 1.82) is 0 Å². The van der Waals surface area contributed by atoms with E-state index < -0.39 is 11.2 Å². The predicted octanol–water partition coefficient (Wildman–Crippen LogP) is 2.89. The fourth-order valence-corrected chi connectivity index (χ4v) is 4.23. The van der Waals surface area contributed by atoms with Crippen LogP contribution in [0.25, 0.3) is 0 Å². The smallest absolute Gasteiger partial charge is 0.0770 e. The highest BCUT2D eigenvalue weighted by atomic mass is 16.3. The fraction of sp³-hybridized carbons (Fsp3) is 0.867. The van der Waals surface area contributed by atoms with Crippen molar-refractivity contribution in [2.45, 2.75) is 64.1 Å². The number of rotatable bonds is 1. The zero-order chi connectivity index (χ0) is 12.8. The Morgan fingerprint density at radius 1 is 1.29 bits per heavy atom. The standard InChI is InChI=1S/C15H26O2/c1-10(2)12-7-8-14(4,16)13-6-5-11(3)9-15(12,13)17/h10,12-13,16-17H,3,5-9H2,1-2,4H3/t12-,13?,14+,15+/m1/s1. The summed E-state index contributed by atoms with van der Waals surface area (Å²) in [7, 11) is 0. The average Bonchev–Trinajstić information content (AvgIpc) is 2.14. The molecule has 2 fully saturated rings. The summed E-state index contributed by atoms with van der Waals surface area (Å²) in [5, 5.41) is 21.6. The summed E-state index contributed by atoms with van der Waals surface area (Å²) in [6.45, 7) is 10.3. The largest absolute Gasteiger partial charge is 0.390 e. The average molecular weight is 238 g/mol. The van der Waals surface area contributed by atoms with Crippen LogP contribution in [-0.4, -0.2) is 21.4 Å². The molecule has 0 amide bonds. The molecule has 0 saturated heterocycles. The quantitative estimate of drug-likeness (QED) is 0.690. The van der Waals surface area contributed by atoms with E-state index in [0.29, 0.717) is 18.3 Å². The predicted molar refractivity (Wildman–Crippen MR) is 69.6 cm³/mol. The van der Waals surface area contributed by atoms with Gasteiger partial charge in [0.25, 0.3) is 0 Å². The van der Waals surface area contributed by atoms with Gasteiger partial charge in [0.05, 0.1) is 11.2 Å². The lowest BCUT2D eigenvalue weighted by atomic mass is 9.54. The van der Waals surface area contributed by atoms with Crippen LogP contribution in [0.1, 0.15) is 52.9 Å². The lowest BCUT2D eigenvalue weighted by Crippen LogP contribution is -2.61. The van der Waals surface area contributed by atoms with Gasteiger partial charge < -0.3 is 10.2 Å². The van der Waals surface area contributed by atoms with Gasteiger partial charge in [0.15, 0.2) is 0 Å². The van der Waals surface area contributed by atoms with E-state index in [9.17, 15) is 10.2 Å². The van der Waals surface area contributed by atoms with Gasteiger partial charge in [-0.1, -0.05) is 26.0 Å². The monoisotopic (exact) mass is 238 g/mol. The summed E-state index contributed by atoms with van der Waals surface area (Å²) in [6, 6.07) is 0. The Morgan fingerprint density at radius 2 is 1.94 bits per heavy atom. The molecule has 2 aliphatic carbocycles. The molecular formula is C15H26O2. The van der Waals surface area contributed by atoms with Crippen molar-refractivity contribution in [3.05, 3.63) is 12.2 Å². The molecule has 2 heteroatoms. The third-order valence-corrected chi connectivity index (χ3v) is 5.08. The summed E-state index contributed by atoms with van der Waals surface area (Å²) < 4.78 is 0. The van der Waals surface area contributed by atoms with Crippen LogP contribution in [0.15, 0.2) is 12.2 Å². The topological polar surface area (TPSA) is 40.5 Å². The van der Waals surface area contributed by atoms with Gasteiger partial charge in [-0.2, -0.15) is 0 Å². The lowest BCUT2D eigenvalue weighted by molar-refractivity contribution is -0.197. The first-order chi connectivity index (χ1) is 7.77. The summed E-state index contributed by atoms with van der Waals surface area (Å²) in [6.07, 6.45) is 4.25. The van der Waals surface area contributed by atoms with E-state index in [1.807, 2.05) is 6.92 Å². The number of aliphatic hydroxyl groups is 2. The van der Waals surface area contributed by atoms with E-state index >= 15 is 0 Å². The zero-order valence-corrected chi connectivity index (χ0v) is 11.4. The fourth-order valence-electron chi connectivity index (χ4n) is 4.23. The molecule has 0 aliphatic heterocycles. The van der Waals surface area contributed by atoms with E-state index in [0.717, 1.165) is 31.3 Å². The summed E-state index contributed by atoms with van der Waals surface area (Å²) in [5.41, 5.74) is -0.293. The Kier molecular flexibility index (Phi) is 3.16. The molecule has 0 bridgehead atoms. The van der Waals surface area contributed by atoms with Crippen molar-refractivity contribution in [3.63, 3.8) is 0 Å². The van der Waals surface area contributed by atoms with Crippen LogP contribution in [0.5, 0.6) is 0 Å². The Labute approximate surface area is 105 Å². The van der Waals surface area contributed by atoms with Crippen molar-refractivity contribution < 1.29 is 10.2 Å². The maximum Gasteiger partial charge on any atom is 0.0770 e. The molecule has 2 nitrogen and oxygen atoms in total. The van der Waals surface area contributed by atoms with Crippen LogP contribution in [0.3, 0.4) is 0 Å². The van der Waals surface area contributed by atoms with Gasteiger partial charge in [-0.05, 0) is 50.9 Å². The van der Waals surface area contributed by atoms with Gasteiger partial charge in [0, 0.05) is 5.92 Å². The maximum atomic E-state index is 11.1. The molecule has 2 aliphatic rings. The maximum absolute atomic E-state index is 11.1. The van der Waals surface area contributed by atoms with Crippen molar-refractivity contribution in [2.75, 3.05) is 0 Å². The molecule has 1 unspecified atom stereocenters. The lowest BCUT2D eigenvalue weighted by Gasteiger charge is -2.56. The Balaban J connectivity index is 2.35. The van der Waals surface area contributed by atoms with Crippen molar-refractivity contribution in [2.24, 2.45) is 17.8 Å². The van der Waals surface area contributed by atoms with Gasteiger partial charge in [-0.15, -0.1) is 0 Å². The second-order valence-electron chi connectivity index (χ2n) is 6.76. The minimum Gasteiger partial charge on any atom is -0.390 e. The number of fused-ring (bicyclic) bond motifs is 1. The van der Waals surface area contributed by atoms with Crippen molar-refractivity contribution in [3.8, 4) is 0 Å². The summed E-state index contributed by atoms with van der Waals surface area (Å²) in [5.74, 6) is 0.774. The van der Waals surface area contributed by atoms with Gasteiger partial charge >= 0.3 is 0 Å². The Bertz CT molecular complexity index is 319. The third-order valence-electron chi connectivity index (χ3n) is 5.08. The molecule has 2 rings (SSSR count). The van der Waals surface area contributed by atoms with Crippen LogP contribution in [0.2, 0.25) is 0 Å². The molecule has 0 radical (unpaired) electrons. The van der Waals surface area contributed by atoms with E-state index in [2.05, 4.69) is 20.4 Å². The van der Waals surface area contributed by atoms with Crippen LogP contribution in [0.4, 0.5) is 0 Å². The molecule has 98 valence electrons. The Hall–Kier alpha value is -0.340. The van der Waals surface area contributed by atoms with Gasteiger partial charge in [-0.25, -0.2) is 0 Å². The highest BCUT2D eigenvalue weighted by Gasteiger charge is 2.56. The first-order valence-electron chi connectivity index (χ1n) is 6.89.